The summed E-state index contributed by atoms with van der Waals surface area (Å²) in [6.07, 6.45) is 4.50. The fourth-order valence-electron chi connectivity index (χ4n) is 4.29. The van der Waals surface area contributed by atoms with Gasteiger partial charge >= 0.3 is 0 Å². The Morgan fingerprint density at radius 3 is 2.17 bits per heavy atom. The highest BCUT2D eigenvalue weighted by Gasteiger charge is 2.45. The lowest BCUT2D eigenvalue weighted by molar-refractivity contribution is 0.0490. The van der Waals surface area contributed by atoms with Crippen molar-refractivity contribution >= 4 is 27.3 Å². The molecule has 1 aliphatic rings. The van der Waals surface area contributed by atoms with E-state index in [0.717, 1.165) is 19.3 Å². The molecule has 2 N–H and O–H groups in total. The largest absolute Gasteiger partial charge is 0.325 e. The maximum absolute atomic E-state index is 6.76. The summed E-state index contributed by atoms with van der Waals surface area (Å²) in [5.74, 6) is 0. The van der Waals surface area contributed by atoms with Crippen molar-refractivity contribution in [2.45, 2.75) is 58.9 Å². The number of hydrogen-bond donors (Lipinski definition) is 1. The molecule has 1 heterocycles. The quantitative estimate of drug-likeness (QED) is 0.812. The first-order valence-corrected chi connectivity index (χ1v) is 8.29. The summed E-state index contributed by atoms with van der Waals surface area (Å²) in [6.45, 7) is 9.44. The minimum Gasteiger partial charge on any atom is -0.325 e. The van der Waals surface area contributed by atoms with Gasteiger partial charge < -0.3 is 5.73 Å². The van der Waals surface area contributed by atoms with Crippen LogP contribution in [0.2, 0.25) is 0 Å². The number of halogens is 1. The Balaban J connectivity index is 2.22. The third-order valence-electron chi connectivity index (χ3n) is 3.82. The van der Waals surface area contributed by atoms with Crippen LogP contribution in [0.3, 0.4) is 0 Å². The van der Waals surface area contributed by atoms with Crippen molar-refractivity contribution in [1.82, 2.24) is 0 Å². The monoisotopic (exact) mass is 329 g/mol. The van der Waals surface area contributed by atoms with Crippen LogP contribution in [-0.4, -0.2) is 5.54 Å². The summed E-state index contributed by atoms with van der Waals surface area (Å²) in [4.78, 5) is 1.39. The van der Waals surface area contributed by atoms with Gasteiger partial charge in [0.1, 0.15) is 0 Å². The molecule has 1 fully saturated rings. The molecule has 0 bridgehead atoms. The summed E-state index contributed by atoms with van der Waals surface area (Å²) in [6, 6.07) is 2.13. The summed E-state index contributed by atoms with van der Waals surface area (Å²) in [5, 5.41) is 2.14. The van der Waals surface area contributed by atoms with E-state index in [2.05, 4.69) is 55.1 Å². The minimum absolute atomic E-state index is 0.0569. The molecule has 0 aromatic carbocycles. The molecule has 0 saturated heterocycles. The number of hydrogen-bond acceptors (Lipinski definition) is 2. The molecule has 0 radical (unpaired) electrons. The predicted molar refractivity (Wildman–Crippen MR) is 84.1 cm³/mol. The van der Waals surface area contributed by atoms with Gasteiger partial charge in [0.15, 0.2) is 0 Å². The number of thiophene rings is 1. The van der Waals surface area contributed by atoms with E-state index in [9.17, 15) is 0 Å². The third-order valence-corrected chi connectivity index (χ3v) is 5.75. The van der Waals surface area contributed by atoms with Crippen LogP contribution >= 0.6 is 27.3 Å². The molecule has 0 spiro atoms. The Bertz CT molecular complexity index is 417. The van der Waals surface area contributed by atoms with Crippen molar-refractivity contribution in [2.75, 3.05) is 0 Å². The summed E-state index contributed by atoms with van der Waals surface area (Å²) < 4.78 is 1.22. The average molecular weight is 330 g/mol. The topological polar surface area (TPSA) is 26.0 Å². The normalized spacial score (nSPS) is 25.0. The first-order chi connectivity index (χ1) is 8.11. The van der Waals surface area contributed by atoms with Crippen LogP contribution in [0.25, 0.3) is 0 Å². The number of rotatable bonds is 2. The van der Waals surface area contributed by atoms with Crippen LogP contribution in [0.5, 0.6) is 0 Å². The maximum atomic E-state index is 6.76. The van der Waals surface area contributed by atoms with E-state index in [1.807, 2.05) is 11.3 Å². The van der Waals surface area contributed by atoms with E-state index in [1.165, 1.54) is 15.8 Å². The molecule has 102 valence electrons. The zero-order chi connectivity index (χ0) is 13.6. The second-order valence-electron chi connectivity index (χ2n) is 7.59. The highest BCUT2D eigenvalue weighted by atomic mass is 79.9. The molecule has 0 aliphatic heterocycles. The highest BCUT2D eigenvalue weighted by molar-refractivity contribution is 9.10. The van der Waals surface area contributed by atoms with Gasteiger partial charge in [-0.05, 0) is 57.5 Å². The molecule has 0 amide bonds. The minimum atomic E-state index is -0.0569. The zero-order valence-corrected chi connectivity index (χ0v) is 14.2. The van der Waals surface area contributed by atoms with Crippen molar-refractivity contribution in [1.29, 1.82) is 0 Å². The molecule has 1 aromatic rings. The second-order valence-corrected chi connectivity index (χ2v) is 9.44. The van der Waals surface area contributed by atoms with Crippen LogP contribution in [0.15, 0.2) is 15.9 Å². The molecule has 1 aliphatic carbocycles. The average Bonchev–Trinajstić information content (AvgIpc) is 2.43. The van der Waals surface area contributed by atoms with Crippen LogP contribution in [0, 0.1) is 10.8 Å². The Hall–Kier alpha value is 0.140. The summed E-state index contributed by atoms with van der Waals surface area (Å²) >= 11 is 5.44. The first-order valence-electron chi connectivity index (χ1n) is 6.62. The van der Waals surface area contributed by atoms with Crippen LogP contribution in [-0.2, 0) is 6.42 Å². The molecular formula is C15H24BrNS. The van der Waals surface area contributed by atoms with Gasteiger partial charge in [-0.1, -0.05) is 27.7 Å². The van der Waals surface area contributed by atoms with Gasteiger partial charge in [0, 0.05) is 21.3 Å². The van der Waals surface area contributed by atoms with E-state index in [4.69, 9.17) is 5.73 Å². The van der Waals surface area contributed by atoms with Gasteiger partial charge in [-0.15, -0.1) is 11.3 Å². The molecule has 2 rings (SSSR count). The van der Waals surface area contributed by atoms with E-state index in [-0.39, 0.29) is 5.54 Å². The second kappa shape index (κ2) is 4.60. The van der Waals surface area contributed by atoms with Crippen LogP contribution in [0.1, 0.15) is 51.8 Å². The lowest BCUT2D eigenvalue weighted by atomic mass is 9.58. The lowest BCUT2D eigenvalue weighted by Gasteiger charge is -2.50. The van der Waals surface area contributed by atoms with Gasteiger partial charge in [-0.25, -0.2) is 0 Å². The van der Waals surface area contributed by atoms with Crippen molar-refractivity contribution in [2.24, 2.45) is 16.6 Å². The predicted octanol–water partition coefficient (Wildman–Crippen LogP) is 4.99. The van der Waals surface area contributed by atoms with Crippen molar-refractivity contribution in [3.05, 3.63) is 20.8 Å². The van der Waals surface area contributed by atoms with E-state index in [0.29, 0.717) is 10.8 Å². The smallest absolute Gasteiger partial charge is 0.0315 e. The SMILES string of the molecule is CC1(C)CC(C)(C)CC(N)(Cc2sccc2Br)C1. The molecule has 18 heavy (non-hydrogen) atoms. The molecule has 1 aromatic heterocycles. The summed E-state index contributed by atoms with van der Waals surface area (Å²) in [7, 11) is 0. The first kappa shape index (κ1) is 14.5. The molecular weight excluding hydrogens is 306 g/mol. The van der Waals surface area contributed by atoms with Gasteiger partial charge in [0.2, 0.25) is 0 Å². The van der Waals surface area contributed by atoms with E-state index >= 15 is 0 Å². The van der Waals surface area contributed by atoms with Gasteiger partial charge in [-0.3, -0.25) is 0 Å². The van der Waals surface area contributed by atoms with Crippen LogP contribution in [0.4, 0.5) is 0 Å². The van der Waals surface area contributed by atoms with E-state index in [1.54, 1.807) is 0 Å². The molecule has 0 atom stereocenters. The Morgan fingerprint density at radius 1 is 1.17 bits per heavy atom. The molecule has 0 unspecified atom stereocenters. The fourth-order valence-corrected chi connectivity index (χ4v) is 5.93. The van der Waals surface area contributed by atoms with Gasteiger partial charge in [0.25, 0.3) is 0 Å². The lowest BCUT2D eigenvalue weighted by Crippen LogP contribution is -2.53. The fraction of sp³-hybridized carbons (Fsp3) is 0.733. The highest BCUT2D eigenvalue weighted by Crippen LogP contribution is 2.50. The Morgan fingerprint density at radius 2 is 1.72 bits per heavy atom. The molecule has 1 saturated carbocycles. The molecule has 3 heteroatoms. The van der Waals surface area contributed by atoms with Gasteiger partial charge in [0.05, 0.1) is 0 Å². The zero-order valence-electron chi connectivity index (χ0n) is 11.8. The Kier molecular flexibility index (Phi) is 3.72. The van der Waals surface area contributed by atoms with E-state index < -0.39 is 0 Å². The standard InChI is InChI=1S/C15H24BrNS/c1-13(2)8-14(3,4)10-15(17,9-13)7-12-11(16)5-6-18-12/h5-6H,7-10,17H2,1-4H3. The van der Waals surface area contributed by atoms with Crippen LogP contribution < -0.4 is 5.73 Å². The van der Waals surface area contributed by atoms with Crippen molar-refractivity contribution in [3.63, 3.8) is 0 Å². The Labute approximate surface area is 123 Å². The number of nitrogens with two attached hydrogens (primary N) is 1. The third kappa shape index (κ3) is 3.37. The van der Waals surface area contributed by atoms with Crippen molar-refractivity contribution < 1.29 is 0 Å². The molecule has 1 nitrogen and oxygen atoms in total. The van der Waals surface area contributed by atoms with Crippen molar-refractivity contribution in [3.8, 4) is 0 Å². The van der Waals surface area contributed by atoms with Gasteiger partial charge in [-0.2, -0.15) is 0 Å². The maximum Gasteiger partial charge on any atom is 0.0315 e. The summed E-state index contributed by atoms with van der Waals surface area (Å²) in [5.41, 5.74) is 7.39.